The van der Waals surface area contributed by atoms with Gasteiger partial charge in [-0.1, -0.05) is 6.58 Å². The third-order valence-electron chi connectivity index (χ3n) is 2.21. The SMILES string of the molecule is C=Cc1nc(C)c(F)c(C2CC2)n1. The summed E-state index contributed by atoms with van der Waals surface area (Å²) in [5.74, 6) is 0.606. The number of aromatic nitrogens is 2. The molecule has 13 heavy (non-hydrogen) atoms. The van der Waals surface area contributed by atoms with Gasteiger partial charge in [-0.25, -0.2) is 14.4 Å². The predicted molar refractivity (Wildman–Crippen MR) is 48.8 cm³/mol. The Morgan fingerprint density at radius 3 is 2.69 bits per heavy atom. The lowest BCUT2D eigenvalue weighted by molar-refractivity contribution is 0.579. The monoisotopic (exact) mass is 178 g/mol. The van der Waals surface area contributed by atoms with E-state index in [1.165, 1.54) is 0 Å². The molecule has 2 nitrogen and oxygen atoms in total. The standard InChI is InChI=1S/C10H11FN2/c1-3-8-12-6(2)9(11)10(13-8)7-4-5-7/h3,7H,1,4-5H2,2H3. The van der Waals surface area contributed by atoms with Gasteiger partial charge in [-0.2, -0.15) is 0 Å². The van der Waals surface area contributed by atoms with Crippen LogP contribution < -0.4 is 0 Å². The molecule has 0 unspecified atom stereocenters. The van der Waals surface area contributed by atoms with Crippen LogP contribution in [0.4, 0.5) is 4.39 Å². The highest BCUT2D eigenvalue weighted by atomic mass is 19.1. The minimum atomic E-state index is -0.242. The zero-order chi connectivity index (χ0) is 9.42. The molecule has 0 saturated heterocycles. The summed E-state index contributed by atoms with van der Waals surface area (Å²) in [7, 11) is 0. The molecule has 1 aromatic rings. The van der Waals surface area contributed by atoms with Crippen molar-refractivity contribution in [1.82, 2.24) is 9.97 Å². The average molecular weight is 178 g/mol. The molecule has 2 rings (SSSR count). The van der Waals surface area contributed by atoms with Gasteiger partial charge >= 0.3 is 0 Å². The smallest absolute Gasteiger partial charge is 0.166 e. The topological polar surface area (TPSA) is 25.8 Å². The molecule has 0 N–H and O–H groups in total. The fourth-order valence-electron chi connectivity index (χ4n) is 1.32. The molecule has 1 saturated carbocycles. The van der Waals surface area contributed by atoms with Gasteiger partial charge in [-0.15, -0.1) is 0 Å². The molecular formula is C10H11FN2. The molecule has 0 spiro atoms. The summed E-state index contributed by atoms with van der Waals surface area (Å²) >= 11 is 0. The van der Waals surface area contributed by atoms with Gasteiger partial charge in [0.1, 0.15) is 0 Å². The second-order valence-corrected chi connectivity index (χ2v) is 3.34. The van der Waals surface area contributed by atoms with E-state index in [4.69, 9.17) is 0 Å². The lowest BCUT2D eigenvalue weighted by atomic mass is 10.2. The summed E-state index contributed by atoms with van der Waals surface area (Å²) in [6, 6.07) is 0. The molecule has 1 aliphatic carbocycles. The van der Waals surface area contributed by atoms with Crippen LogP contribution in [0.2, 0.25) is 0 Å². The molecule has 0 atom stereocenters. The molecule has 1 aliphatic rings. The van der Waals surface area contributed by atoms with Gasteiger partial charge in [-0.05, 0) is 25.8 Å². The molecule has 1 heterocycles. The Kier molecular flexibility index (Phi) is 1.87. The number of hydrogen-bond acceptors (Lipinski definition) is 2. The normalized spacial score (nSPS) is 15.8. The number of nitrogens with zero attached hydrogens (tertiary/aromatic N) is 2. The first-order valence-electron chi connectivity index (χ1n) is 4.39. The van der Waals surface area contributed by atoms with E-state index in [1.807, 2.05) is 0 Å². The van der Waals surface area contributed by atoms with Gasteiger partial charge in [0, 0.05) is 5.92 Å². The largest absolute Gasteiger partial charge is 0.231 e. The number of rotatable bonds is 2. The van der Waals surface area contributed by atoms with Gasteiger partial charge in [0.25, 0.3) is 0 Å². The summed E-state index contributed by atoms with van der Waals surface area (Å²) in [6.07, 6.45) is 3.65. The number of aryl methyl sites for hydroxylation is 1. The summed E-state index contributed by atoms with van der Waals surface area (Å²) in [6.45, 7) is 5.24. The second-order valence-electron chi connectivity index (χ2n) is 3.34. The Balaban J connectivity index is 2.52. The third kappa shape index (κ3) is 1.46. The average Bonchev–Trinajstić information content (AvgIpc) is 2.92. The van der Waals surface area contributed by atoms with Crippen LogP contribution in [0.3, 0.4) is 0 Å². The van der Waals surface area contributed by atoms with Crippen molar-refractivity contribution in [2.24, 2.45) is 0 Å². The molecule has 0 radical (unpaired) electrons. The second kappa shape index (κ2) is 2.91. The van der Waals surface area contributed by atoms with Crippen LogP contribution in [-0.4, -0.2) is 9.97 Å². The zero-order valence-electron chi connectivity index (χ0n) is 7.55. The quantitative estimate of drug-likeness (QED) is 0.695. The highest BCUT2D eigenvalue weighted by molar-refractivity contribution is 5.38. The van der Waals surface area contributed by atoms with Gasteiger partial charge in [-0.3, -0.25) is 0 Å². The van der Waals surface area contributed by atoms with Crippen LogP contribution in [0, 0.1) is 12.7 Å². The lowest BCUT2D eigenvalue weighted by Gasteiger charge is -2.03. The molecule has 1 fully saturated rings. The first kappa shape index (κ1) is 8.35. The van der Waals surface area contributed by atoms with E-state index in [2.05, 4.69) is 16.5 Å². The van der Waals surface area contributed by atoms with Crippen LogP contribution in [0.5, 0.6) is 0 Å². The first-order chi connectivity index (χ1) is 6.22. The maximum Gasteiger partial charge on any atom is 0.166 e. The van der Waals surface area contributed by atoms with Crippen LogP contribution in [-0.2, 0) is 0 Å². The Morgan fingerprint density at radius 2 is 2.15 bits per heavy atom. The minimum absolute atomic E-state index is 0.242. The van der Waals surface area contributed by atoms with E-state index in [1.54, 1.807) is 13.0 Å². The Labute approximate surface area is 76.5 Å². The van der Waals surface area contributed by atoms with Crippen LogP contribution >= 0.6 is 0 Å². The maximum absolute atomic E-state index is 13.4. The first-order valence-corrected chi connectivity index (χ1v) is 4.39. The minimum Gasteiger partial charge on any atom is -0.231 e. The van der Waals surface area contributed by atoms with E-state index in [0.717, 1.165) is 12.8 Å². The van der Waals surface area contributed by atoms with Gasteiger partial charge in [0.15, 0.2) is 11.6 Å². The van der Waals surface area contributed by atoms with Gasteiger partial charge in [0.05, 0.1) is 11.4 Å². The highest BCUT2D eigenvalue weighted by Gasteiger charge is 2.29. The number of hydrogen-bond donors (Lipinski definition) is 0. The summed E-state index contributed by atoms with van der Waals surface area (Å²) in [5.41, 5.74) is 0.995. The Bertz CT molecular complexity index is 356. The van der Waals surface area contributed by atoms with Gasteiger partial charge in [0.2, 0.25) is 0 Å². The molecule has 0 aromatic carbocycles. The highest BCUT2D eigenvalue weighted by Crippen LogP contribution is 2.40. The molecule has 68 valence electrons. The third-order valence-corrected chi connectivity index (χ3v) is 2.21. The molecule has 0 aliphatic heterocycles. The van der Waals surface area contributed by atoms with E-state index in [-0.39, 0.29) is 5.82 Å². The van der Waals surface area contributed by atoms with Crippen LogP contribution in [0.1, 0.15) is 36.0 Å². The molecule has 0 bridgehead atoms. The van der Waals surface area contributed by atoms with Crippen molar-refractivity contribution in [3.8, 4) is 0 Å². The fraction of sp³-hybridized carbons (Fsp3) is 0.400. The zero-order valence-corrected chi connectivity index (χ0v) is 7.55. The van der Waals surface area contributed by atoms with E-state index < -0.39 is 0 Å². The Hall–Kier alpha value is -1.25. The molecular weight excluding hydrogens is 167 g/mol. The van der Waals surface area contributed by atoms with Crippen molar-refractivity contribution in [2.45, 2.75) is 25.7 Å². The predicted octanol–water partition coefficient (Wildman–Crippen LogP) is 2.44. The van der Waals surface area contributed by atoms with E-state index >= 15 is 0 Å². The molecule has 0 amide bonds. The van der Waals surface area contributed by atoms with Crippen molar-refractivity contribution >= 4 is 6.08 Å². The molecule has 3 heteroatoms. The summed E-state index contributed by atoms with van der Waals surface area (Å²) in [4.78, 5) is 8.07. The van der Waals surface area contributed by atoms with Crippen molar-refractivity contribution in [2.75, 3.05) is 0 Å². The Morgan fingerprint density at radius 1 is 1.46 bits per heavy atom. The summed E-state index contributed by atoms with van der Waals surface area (Å²) < 4.78 is 13.4. The van der Waals surface area contributed by atoms with E-state index in [9.17, 15) is 4.39 Å². The van der Waals surface area contributed by atoms with Crippen LogP contribution in [0.15, 0.2) is 6.58 Å². The van der Waals surface area contributed by atoms with E-state index in [0.29, 0.717) is 23.1 Å². The van der Waals surface area contributed by atoms with Gasteiger partial charge < -0.3 is 0 Å². The van der Waals surface area contributed by atoms with Crippen molar-refractivity contribution in [3.63, 3.8) is 0 Å². The van der Waals surface area contributed by atoms with Crippen molar-refractivity contribution < 1.29 is 4.39 Å². The maximum atomic E-state index is 13.4. The van der Waals surface area contributed by atoms with Crippen molar-refractivity contribution in [3.05, 3.63) is 29.6 Å². The fourth-order valence-corrected chi connectivity index (χ4v) is 1.32. The number of halogens is 1. The van der Waals surface area contributed by atoms with Crippen LogP contribution in [0.25, 0.3) is 6.08 Å². The summed E-state index contributed by atoms with van der Waals surface area (Å²) in [5, 5.41) is 0. The van der Waals surface area contributed by atoms with Crippen molar-refractivity contribution in [1.29, 1.82) is 0 Å². The lowest BCUT2D eigenvalue weighted by Crippen LogP contribution is -2.02. The molecule has 1 aromatic heterocycles.